The number of rotatable bonds is 5. The minimum atomic E-state index is -0.480. The molecule has 0 spiro atoms. The van der Waals surface area contributed by atoms with Crippen molar-refractivity contribution in [1.82, 2.24) is 0 Å². The maximum atomic E-state index is 12.1. The van der Waals surface area contributed by atoms with Gasteiger partial charge in [0.1, 0.15) is 0 Å². The molecule has 28 heavy (non-hydrogen) atoms. The van der Waals surface area contributed by atoms with Crippen LogP contribution in [-0.4, -0.2) is 11.9 Å². The zero-order chi connectivity index (χ0) is 19.9. The van der Waals surface area contributed by atoms with Crippen molar-refractivity contribution in [2.45, 2.75) is 6.92 Å². The van der Waals surface area contributed by atoms with Crippen molar-refractivity contribution in [3.05, 3.63) is 93.1 Å². The minimum Gasteiger partial charge on any atom is -0.338 e. The fourth-order valence-electron chi connectivity index (χ4n) is 2.24. The number of carbonyl (C=O) groups is 2. The van der Waals surface area contributed by atoms with E-state index in [2.05, 4.69) is 38.3 Å². The van der Waals surface area contributed by atoms with E-state index in [4.69, 9.17) is 4.84 Å². The molecular weight excluding hydrogens is 469 g/mol. The molecule has 7 heteroatoms. The van der Waals surface area contributed by atoms with Gasteiger partial charge in [-0.05, 0) is 78.0 Å². The van der Waals surface area contributed by atoms with Crippen LogP contribution in [0.15, 0.2) is 83.0 Å². The van der Waals surface area contributed by atoms with Crippen molar-refractivity contribution in [3.8, 4) is 0 Å². The number of anilines is 1. The summed E-state index contributed by atoms with van der Waals surface area (Å²) in [5, 5.41) is 7.70. The first-order chi connectivity index (χ1) is 13.5. The highest BCUT2D eigenvalue weighted by molar-refractivity contribution is 14.1. The van der Waals surface area contributed by atoms with Gasteiger partial charge < -0.3 is 4.84 Å². The quantitative estimate of drug-likeness (QED) is 0.285. The first-order valence-corrected chi connectivity index (χ1v) is 9.45. The van der Waals surface area contributed by atoms with E-state index < -0.39 is 11.9 Å². The summed E-state index contributed by atoms with van der Waals surface area (Å²) in [6.45, 7) is 1.94. The van der Waals surface area contributed by atoms with Gasteiger partial charge >= 0.3 is 5.97 Å². The summed E-state index contributed by atoms with van der Waals surface area (Å²) in [7, 11) is 0. The minimum absolute atomic E-state index is 0.403. The van der Waals surface area contributed by atoms with Gasteiger partial charge in [0, 0.05) is 3.57 Å². The Kier molecular flexibility index (Phi) is 6.49. The van der Waals surface area contributed by atoms with Gasteiger partial charge in [0.15, 0.2) is 0 Å². The predicted molar refractivity (Wildman–Crippen MR) is 115 cm³/mol. The van der Waals surface area contributed by atoms with Crippen LogP contribution in [0.1, 0.15) is 26.3 Å². The van der Waals surface area contributed by atoms with Gasteiger partial charge in [-0.3, -0.25) is 4.79 Å². The number of amides is 1. The molecule has 0 aliphatic heterocycles. The van der Waals surface area contributed by atoms with Gasteiger partial charge in [-0.2, -0.15) is 0 Å². The first-order valence-electron chi connectivity index (χ1n) is 8.37. The van der Waals surface area contributed by atoms with Gasteiger partial charge in [-0.1, -0.05) is 29.8 Å². The second-order valence-electron chi connectivity index (χ2n) is 5.89. The summed E-state index contributed by atoms with van der Waals surface area (Å²) in [6, 6.07) is 20.9. The van der Waals surface area contributed by atoms with E-state index in [1.165, 1.54) is 0 Å². The van der Waals surface area contributed by atoms with Crippen molar-refractivity contribution < 1.29 is 14.4 Å². The second kappa shape index (κ2) is 9.23. The van der Waals surface area contributed by atoms with E-state index in [0.717, 1.165) is 9.13 Å². The van der Waals surface area contributed by atoms with Crippen LogP contribution in [0.3, 0.4) is 0 Å². The normalized spacial score (nSPS) is 10.6. The topological polar surface area (TPSA) is 80.1 Å². The number of halogens is 1. The highest BCUT2D eigenvalue weighted by Gasteiger charge is 2.08. The maximum absolute atomic E-state index is 12.1. The molecule has 3 aromatic carbocycles. The standard InChI is InChI=1S/C21H16IN3O3/c1-14-6-8-15(9-7-14)21(27)28-25-17-12-10-16(11-13-17)23-24-20(26)18-4-2-3-5-19(18)22/h2-13,25H,1H3. The first kappa shape index (κ1) is 19.7. The third kappa shape index (κ3) is 5.23. The zero-order valence-corrected chi connectivity index (χ0v) is 17.1. The Labute approximate surface area is 175 Å². The summed E-state index contributed by atoms with van der Waals surface area (Å²) in [5.74, 6) is -0.883. The molecule has 0 heterocycles. The van der Waals surface area contributed by atoms with Crippen LogP contribution >= 0.6 is 22.6 Å². The molecular formula is C21H16IN3O3. The largest absolute Gasteiger partial charge is 0.362 e. The lowest BCUT2D eigenvalue weighted by Gasteiger charge is -2.07. The summed E-state index contributed by atoms with van der Waals surface area (Å²) >= 11 is 2.08. The Hall–Kier alpha value is -3.07. The second-order valence-corrected chi connectivity index (χ2v) is 7.05. The van der Waals surface area contributed by atoms with Crippen molar-refractivity contribution in [3.63, 3.8) is 0 Å². The molecule has 0 aliphatic rings. The molecule has 0 aliphatic carbocycles. The van der Waals surface area contributed by atoms with E-state index in [-0.39, 0.29) is 0 Å². The molecule has 1 amide bonds. The van der Waals surface area contributed by atoms with Gasteiger partial charge in [-0.25, -0.2) is 10.3 Å². The molecule has 0 unspecified atom stereocenters. The number of azo groups is 1. The molecule has 0 aromatic heterocycles. The molecule has 3 aromatic rings. The Morgan fingerprint density at radius 1 is 0.929 bits per heavy atom. The third-order valence-electron chi connectivity index (χ3n) is 3.78. The maximum Gasteiger partial charge on any atom is 0.362 e. The van der Waals surface area contributed by atoms with E-state index in [0.29, 0.717) is 22.5 Å². The highest BCUT2D eigenvalue weighted by Crippen LogP contribution is 2.19. The van der Waals surface area contributed by atoms with Crippen LogP contribution in [0, 0.1) is 10.5 Å². The molecule has 0 atom stereocenters. The summed E-state index contributed by atoms with van der Waals surface area (Å²) in [4.78, 5) is 29.1. The fourth-order valence-corrected chi connectivity index (χ4v) is 2.86. The van der Waals surface area contributed by atoms with Crippen molar-refractivity contribution >= 4 is 45.8 Å². The third-order valence-corrected chi connectivity index (χ3v) is 4.72. The van der Waals surface area contributed by atoms with Gasteiger partial charge in [0.25, 0.3) is 5.91 Å². The van der Waals surface area contributed by atoms with E-state index >= 15 is 0 Å². The highest BCUT2D eigenvalue weighted by atomic mass is 127. The lowest BCUT2D eigenvalue weighted by molar-refractivity contribution is 0.0596. The monoisotopic (exact) mass is 485 g/mol. The molecule has 0 fully saturated rings. The van der Waals surface area contributed by atoms with Crippen LogP contribution in [0.5, 0.6) is 0 Å². The lowest BCUT2D eigenvalue weighted by atomic mass is 10.2. The number of nitrogens with one attached hydrogen (secondary N) is 1. The predicted octanol–water partition coefficient (Wildman–Crippen LogP) is 5.71. The van der Waals surface area contributed by atoms with E-state index in [1.54, 1.807) is 48.5 Å². The lowest BCUT2D eigenvalue weighted by Crippen LogP contribution is -2.10. The Morgan fingerprint density at radius 3 is 2.29 bits per heavy atom. The Bertz CT molecular complexity index is 1020. The number of aryl methyl sites for hydroxylation is 1. The van der Waals surface area contributed by atoms with Gasteiger partial charge in [0.2, 0.25) is 0 Å². The summed E-state index contributed by atoms with van der Waals surface area (Å²) in [5.41, 5.74) is 5.70. The molecule has 0 saturated heterocycles. The molecule has 0 saturated carbocycles. The average Bonchev–Trinajstić information content (AvgIpc) is 2.72. The van der Waals surface area contributed by atoms with Crippen molar-refractivity contribution in [1.29, 1.82) is 0 Å². The molecule has 6 nitrogen and oxygen atoms in total. The molecule has 1 N–H and O–H groups in total. The van der Waals surface area contributed by atoms with Crippen molar-refractivity contribution in [2.75, 3.05) is 5.48 Å². The molecule has 3 rings (SSSR count). The SMILES string of the molecule is Cc1ccc(C(=O)ONc2ccc(N=NC(=O)c3ccccc3I)cc2)cc1. The van der Waals surface area contributed by atoms with Gasteiger partial charge in [0.05, 0.1) is 22.5 Å². The number of carbonyl (C=O) groups excluding carboxylic acids is 2. The van der Waals surface area contributed by atoms with Crippen LogP contribution in [-0.2, 0) is 4.84 Å². The number of hydrogen-bond donors (Lipinski definition) is 1. The van der Waals surface area contributed by atoms with Crippen LogP contribution in [0.4, 0.5) is 11.4 Å². The number of benzene rings is 3. The average molecular weight is 485 g/mol. The van der Waals surface area contributed by atoms with E-state index in [9.17, 15) is 9.59 Å². The number of hydrogen-bond acceptors (Lipinski definition) is 5. The number of nitrogens with zero attached hydrogens (tertiary/aromatic N) is 2. The van der Waals surface area contributed by atoms with Crippen LogP contribution in [0.2, 0.25) is 0 Å². The zero-order valence-electron chi connectivity index (χ0n) is 14.9. The van der Waals surface area contributed by atoms with Crippen LogP contribution in [0.25, 0.3) is 0 Å². The smallest absolute Gasteiger partial charge is 0.338 e. The molecule has 140 valence electrons. The summed E-state index contributed by atoms with van der Waals surface area (Å²) < 4.78 is 0.819. The molecule has 0 bridgehead atoms. The fraction of sp³-hybridized carbons (Fsp3) is 0.0476. The molecule has 0 radical (unpaired) electrons. The van der Waals surface area contributed by atoms with Crippen LogP contribution < -0.4 is 5.48 Å². The van der Waals surface area contributed by atoms with Gasteiger partial charge in [-0.15, -0.1) is 10.2 Å². The van der Waals surface area contributed by atoms with E-state index in [1.807, 2.05) is 31.2 Å². The summed E-state index contributed by atoms with van der Waals surface area (Å²) in [6.07, 6.45) is 0. The Balaban J connectivity index is 1.57. The Morgan fingerprint density at radius 2 is 1.61 bits per heavy atom. The van der Waals surface area contributed by atoms with Crippen molar-refractivity contribution in [2.24, 2.45) is 10.2 Å².